The molecule has 1 N–H and O–H groups in total. The van der Waals surface area contributed by atoms with Gasteiger partial charge in [-0.15, -0.1) is 0 Å². The quantitative estimate of drug-likeness (QED) is 0.920. The summed E-state index contributed by atoms with van der Waals surface area (Å²) in [4.78, 5) is 13.8. The van der Waals surface area contributed by atoms with Gasteiger partial charge in [-0.2, -0.15) is 0 Å². The van der Waals surface area contributed by atoms with E-state index in [0.29, 0.717) is 5.56 Å². The molecule has 0 bridgehead atoms. The molecule has 2 rings (SSSR count). The van der Waals surface area contributed by atoms with Crippen LogP contribution in [0.4, 0.5) is 8.78 Å². The number of carbonyl (C=O) groups is 1. The van der Waals surface area contributed by atoms with Crippen molar-refractivity contribution in [1.82, 2.24) is 10.2 Å². The van der Waals surface area contributed by atoms with E-state index in [4.69, 9.17) is 0 Å². The number of likely N-dealkylation sites (tertiary alicyclic amines) is 1. The highest BCUT2D eigenvalue weighted by atomic mass is 19.1. The Morgan fingerprint density at radius 1 is 1.30 bits per heavy atom. The van der Waals surface area contributed by atoms with E-state index in [1.807, 2.05) is 4.90 Å². The number of nitrogens with one attached hydrogen (secondary N) is 1. The SMILES string of the molecule is CC(NCC(=O)N1CCCCC1)c1ccc(F)cc1F. The number of hydrogen-bond acceptors (Lipinski definition) is 2. The fourth-order valence-corrected chi connectivity index (χ4v) is 2.46. The van der Waals surface area contributed by atoms with Crippen molar-refractivity contribution in [2.24, 2.45) is 0 Å². The molecule has 1 amide bonds. The Kier molecular flexibility index (Phi) is 5.06. The third-order valence-electron chi connectivity index (χ3n) is 3.70. The fraction of sp³-hybridized carbons (Fsp3) is 0.533. The molecule has 5 heteroatoms. The molecule has 0 aliphatic carbocycles. The molecule has 110 valence electrons. The molecule has 0 spiro atoms. The monoisotopic (exact) mass is 282 g/mol. The lowest BCUT2D eigenvalue weighted by Crippen LogP contribution is -2.41. The topological polar surface area (TPSA) is 32.3 Å². The van der Waals surface area contributed by atoms with Crippen LogP contribution in [0, 0.1) is 11.6 Å². The molecule has 1 heterocycles. The molecule has 1 aliphatic rings. The summed E-state index contributed by atoms with van der Waals surface area (Å²) in [7, 11) is 0. The molecule has 1 aromatic carbocycles. The lowest BCUT2D eigenvalue weighted by Gasteiger charge is -2.27. The van der Waals surface area contributed by atoms with Crippen molar-refractivity contribution in [2.75, 3.05) is 19.6 Å². The molecule has 1 fully saturated rings. The van der Waals surface area contributed by atoms with Gasteiger partial charge >= 0.3 is 0 Å². The van der Waals surface area contributed by atoms with E-state index < -0.39 is 11.6 Å². The van der Waals surface area contributed by atoms with E-state index in [-0.39, 0.29) is 18.5 Å². The van der Waals surface area contributed by atoms with E-state index >= 15 is 0 Å². The first-order valence-corrected chi connectivity index (χ1v) is 7.04. The van der Waals surface area contributed by atoms with Gasteiger partial charge in [0.2, 0.25) is 5.91 Å². The molecule has 3 nitrogen and oxygen atoms in total. The van der Waals surface area contributed by atoms with Crippen LogP contribution in [0.1, 0.15) is 37.8 Å². The standard InChI is InChI=1S/C15H20F2N2O/c1-11(13-6-5-12(16)9-14(13)17)18-10-15(20)19-7-3-2-4-8-19/h5-6,9,11,18H,2-4,7-8,10H2,1H3. The second-order valence-electron chi connectivity index (χ2n) is 5.21. The summed E-state index contributed by atoms with van der Waals surface area (Å²) in [6, 6.07) is 3.17. The molecule has 1 atom stereocenters. The molecule has 1 aromatic rings. The summed E-state index contributed by atoms with van der Waals surface area (Å²) >= 11 is 0. The van der Waals surface area contributed by atoms with Crippen LogP contribution in [-0.4, -0.2) is 30.4 Å². The number of nitrogens with zero attached hydrogens (tertiary/aromatic N) is 1. The van der Waals surface area contributed by atoms with Crippen LogP contribution in [0.3, 0.4) is 0 Å². The number of carbonyl (C=O) groups excluding carboxylic acids is 1. The van der Waals surface area contributed by atoms with Crippen LogP contribution in [0.25, 0.3) is 0 Å². The molecular weight excluding hydrogens is 262 g/mol. The molecule has 0 saturated carbocycles. The van der Waals surface area contributed by atoms with E-state index in [0.717, 1.165) is 32.0 Å². The van der Waals surface area contributed by atoms with E-state index in [1.165, 1.54) is 18.6 Å². The first kappa shape index (κ1) is 14.9. The lowest BCUT2D eigenvalue weighted by atomic mass is 10.1. The van der Waals surface area contributed by atoms with Crippen molar-refractivity contribution in [3.05, 3.63) is 35.4 Å². The Morgan fingerprint density at radius 2 is 2.00 bits per heavy atom. The maximum Gasteiger partial charge on any atom is 0.236 e. The Morgan fingerprint density at radius 3 is 2.65 bits per heavy atom. The van der Waals surface area contributed by atoms with Gasteiger partial charge in [0.15, 0.2) is 0 Å². The second kappa shape index (κ2) is 6.79. The molecular formula is C15H20F2N2O. The Bertz CT molecular complexity index is 473. The number of benzene rings is 1. The van der Waals surface area contributed by atoms with Gasteiger partial charge < -0.3 is 10.2 Å². The van der Waals surface area contributed by atoms with Gasteiger partial charge in [0, 0.05) is 30.8 Å². The van der Waals surface area contributed by atoms with Crippen LogP contribution in [0.5, 0.6) is 0 Å². The summed E-state index contributed by atoms with van der Waals surface area (Å²) in [6.45, 7) is 3.55. The zero-order valence-electron chi connectivity index (χ0n) is 11.7. The van der Waals surface area contributed by atoms with Crippen molar-refractivity contribution in [3.8, 4) is 0 Å². The summed E-state index contributed by atoms with van der Waals surface area (Å²) in [6.07, 6.45) is 3.27. The van der Waals surface area contributed by atoms with Gasteiger partial charge in [-0.3, -0.25) is 4.79 Å². The van der Waals surface area contributed by atoms with E-state index in [2.05, 4.69) is 5.32 Å². The van der Waals surface area contributed by atoms with Crippen LogP contribution < -0.4 is 5.32 Å². The van der Waals surface area contributed by atoms with Gasteiger partial charge in [-0.05, 0) is 32.3 Å². The van der Waals surface area contributed by atoms with Crippen molar-refractivity contribution in [1.29, 1.82) is 0 Å². The van der Waals surface area contributed by atoms with Crippen LogP contribution in [0.2, 0.25) is 0 Å². The zero-order chi connectivity index (χ0) is 14.5. The highest BCUT2D eigenvalue weighted by Crippen LogP contribution is 2.17. The van der Waals surface area contributed by atoms with Crippen molar-refractivity contribution in [3.63, 3.8) is 0 Å². The molecule has 0 aromatic heterocycles. The predicted molar refractivity (Wildman–Crippen MR) is 73.2 cm³/mol. The first-order chi connectivity index (χ1) is 9.58. The molecule has 1 saturated heterocycles. The smallest absolute Gasteiger partial charge is 0.236 e. The summed E-state index contributed by atoms with van der Waals surface area (Å²) in [5.41, 5.74) is 0.373. The van der Waals surface area contributed by atoms with Gasteiger partial charge in [-0.1, -0.05) is 6.07 Å². The normalized spacial score (nSPS) is 17.1. The van der Waals surface area contributed by atoms with Gasteiger partial charge in [0.1, 0.15) is 11.6 Å². The number of piperidine rings is 1. The Labute approximate surface area is 118 Å². The van der Waals surface area contributed by atoms with Crippen molar-refractivity contribution in [2.45, 2.75) is 32.2 Å². The third kappa shape index (κ3) is 3.76. The average molecular weight is 282 g/mol. The number of amides is 1. The Balaban J connectivity index is 1.87. The van der Waals surface area contributed by atoms with Gasteiger partial charge in [0.05, 0.1) is 6.54 Å². The molecule has 20 heavy (non-hydrogen) atoms. The second-order valence-corrected chi connectivity index (χ2v) is 5.21. The maximum atomic E-state index is 13.6. The maximum absolute atomic E-state index is 13.6. The molecule has 1 unspecified atom stereocenters. The molecule has 1 aliphatic heterocycles. The molecule has 0 radical (unpaired) electrons. The number of halogens is 2. The number of rotatable bonds is 4. The summed E-state index contributed by atoms with van der Waals surface area (Å²) in [5, 5.41) is 3.00. The minimum Gasteiger partial charge on any atom is -0.342 e. The van der Waals surface area contributed by atoms with Crippen molar-refractivity contribution < 1.29 is 13.6 Å². The predicted octanol–water partition coefficient (Wildman–Crippen LogP) is 2.63. The summed E-state index contributed by atoms with van der Waals surface area (Å²) < 4.78 is 26.5. The van der Waals surface area contributed by atoms with E-state index in [1.54, 1.807) is 6.92 Å². The van der Waals surface area contributed by atoms with Gasteiger partial charge in [-0.25, -0.2) is 8.78 Å². The minimum atomic E-state index is -0.595. The van der Waals surface area contributed by atoms with Crippen LogP contribution in [-0.2, 0) is 4.79 Å². The Hall–Kier alpha value is -1.49. The highest BCUT2D eigenvalue weighted by Gasteiger charge is 2.18. The van der Waals surface area contributed by atoms with Crippen molar-refractivity contribution >= 4 is 5.91 Å². The third-order valence-corrected chi connectivity index (χ3v) is 3.70. The van der Waals surface area contributed by atoms with Crippen LogP contribution in [0.15, 0.2) is 18.2 Å². The number of hydrogen-bond donors (Lipinski definition) is 1. The fourth-order valence-electron chi connectivity index (χ4n) is 2.46. The van der Waals surface area contributed by atoms with E-state index in [9.17, 15) is 13.6 Å². The minimum absolute atomic E-state index is 0.0408. The van der Waals surface area contributed by atoms with Gasteiger partial charge in [0.25, 0.3) is 0 Å². The first-order valence-electron chi connectivity index (χ1n) is 7.04. The largest absolute Gasteiger partial charge is 0.342 e. The van der Waals surface area contributed by atoms with Crippen LogP contribution >= 0.6 is 0 Å². The highest BCUT2D eigenvalue weighted by molar-refractivity contribution is 5.78. The zero-order valence-corrected chi connectivity index (χ0v) is 11.7. The average Bonchev–Trinajstić information content (AvgIpc) is 2.45. The lowest BCUT2D eigenvalue weighted by molar-refractivity contribution is -0.131. The summed E-state index contributed by atoms with van der Waals surface area (Å²) in [5.74, 6) is -1.14.